The Morgan fingerprint density at radius 2 is 1.95 bits per heavy atom. The Labute approximate surface area is 123 Å². The highest BCUT2D eigenvalue weighted by molar-refractivity contribution is 6.01. The lowest BCUT2D eigenvalue weighted by Crippen LogP contribution is -2.27. The zero-order valence-corrected chi connectivity index (χ0v) is 12.9. The van der Waals surface area contributed by atoms with E-state index in [9.17, 15) is 9.59 Å². The molecular weight excluding hydrogens is 270 g/mol. The molecule has 0 fully saturated rings. The van der Waals surface area contributed by atoms with E-state index in [1.165, 1.54) is 11.7 Å². The Bertz CT molecular complexity index is 774. The second-order valence-electron chi connectivity index (χ2n) is 4.89. The van der Waals surface area contributed by atoms with E-state index in [1.54, 1.807) is 14.0 Å². The van der Waals surface area contributed by atoms with Crippen LogP contribution in [0.5, 0.6) is 5.75 Å². The summed E-state index contributed by atoms with van der Waals surface area (Å²) >= 11 is 0. The summed E-state index contributed by atoms with van der Waals surface area (Å²) in [5.41, 5.74) is 2.30. The molecule has 0 aliphatic heterocycles. The van der Waals surface area contributed by atoms with E-state index < -0.39 is 11.5 Å². The van der Waals surface area contributed by atoms with E-state index in [4.69, 9.17) is 9.47 Å². The Hall–Kier alpha value is -2.30. The first-order valence-corrected chi connectivity index (χ1v) is 6.78. The first-order valence-electron chi connectivity index (χ1n) is 6.78. The van der Waals surface area contributed by atoms with Gasteiger partial charge in [0.15, 0.2) is 5.56 Å². The summed E-state index contributed by atoms with van der Waals surface area (Å²) in [5, 5.41) is 0.766. The smallest absolute Gasteiger partial charge is 0.347 e. The summed E-state index contributed by atoms with van der Waals surface area (Å²) < 4.78 is 11.8. The van der Waals surface area contributed by atoms with Crippen LogP contribution in [0.1, 0.15) is 28.4 Å². The van der Waals surface area contributed by atoms with Gasteiger partial charge < -0.3 is 14.0 Å². The van der Waals surface area contributed by atoms with Crippen LogP contribution in [0.25, 0.3) is 10.9 Å². The Balaban J connectivity index is 2.99. The zero-order chi connectivity index (χ0) is 15.7. The maximum absolute atomic E-state index is 12.5. The van der Waals surface area contributed by atoms with Crippen molar-refractivity contribution in [2.75, 3.05) is 13.7 Å². The van der Waals surface area contributed by atoms with Gasteiger partial charge in [0.25, 0.3) is 5.56 Å². The summed E-state index contributed by atoms with van der Waals surface area (Å²) in [6.45, 7) is 5.82. The number of rotatable bonds is 3. The average molecular weight is 289 g/mol. The van der Waals surface area contributed by atoms with E-state index >= 15 is 0 Å². The van der Waals surface area contributed by atoms with Gasteiger partial charge in [-0.1, -0.05) is 6.07 Å². The second kappa shape index (κ2) is 5.60. The molecule has 1 heterocycles. The van der Waals surface area contributed by atoms with Crippen molar-refractivity contribution in [3.63, 3.8) is 0 Å². The van der Waals surface area contributed by atoms with Crippen molar-refractivity contribution in [1.82, 2.24) is 4.57 Å². The maximum atomic E-state index is 12.5. The molecule has 0 aliphatic rings. The van der Waals surface area contributed by atoms with Crippen LogP contribution in [0.4, 0.5) is 0 Å². The number of hydrogen-bond acceptors (Lipinski definition) is 4. The molecule has 0 saturated heterocycles. The van der Waals surface area contributed by atoms with E-state index in [2.05, 4.69) is 0 Å². The minimum absolute atomic E-state index is 0.0527. The van der Waals surface area contributed by atoms with Gasteiger partial charge >= 0.3 is 5.97 Å². The van der Waals surface area contributed by atoms with Crippen molar-refractivity contribution in [1.29, 1.82) is 0 Å². The highest BCUT2D eigenvalue weighted by Crippen LogP contribution is 2.31. The fourth-order valence-corrected chi connectivity index (χ4v) is 2.45. The minimum Gasteiger partial charge on any atom is -0.495 e. The van der Waals surface area contributed by atoms with Crippen LogP contribution in [-0.4, -0.2) is 24.3 Å². The van der Waals surface area contributed by atoms with Crippen molar-refractivity contribution >= 4 is 16.9 Å². The monoisotopic (exact) mass is 289 g/mol. The molecule has 0 radical (unpaired) electrons. The topological polar surface area (TPSA) is 57.5 Å². The molecule has 0 unspecified atom stereocenters. The number of hydrogen-bond donors (Lipinski definition) is 0. The summed E-state index contributed by atoms with van der Waals surface area (Å²) in [6, 6.07) is 3.80. The van der Waals surface area contributed by atoms with Crippen molar-refractivity contribution in [3.05, 3.63) is 39.2 Å². The molecule has 0 aliphatic carbocycles. The van der Waals surface area contributed by atoms with Gasteiger partial charge in [0.05, 0.1) is 19.2 Å². The molecule has 0 amide bonds. The number of esters is 1. The first-order chi connectivity index (χ1) is 9.93. The van der Waals surface area contributed by atoms with Gasteiger partial charge in [-0.3, -0.25) is 4.79 Å². The summed E-state index contributed by atoms with van der Waals surface area (Å²) in [6.07, 6.45) is 0. The van der Waals surface area contributed by atoms with Crippen LogP contribution in [0.2, 0.25) is 0 Å². The van der Waals surface area contributed by atoms with Crippen LogP contribution in [0.15, 0.2) is 16.9 Å². The number of benzene rings is 1. The molecule has 21 heavy (non-hydrogen) atoms. The number of ether oxygens (including phenoxy) is 2. The predicted molar refractivity (Wildman–Crippen MR) is 81.2 cm³/mol. The zero-order valence-electron chi connectivity index (χ0n) is 12.9. The van der Waals surface area contributed by atoms with Gasteiger partial charge in [0.2, 0.25) is 0 Å². The summed E-state index contributed by atoms with van der Waals surface area (Å²) in [4.78, 5) is 24.6. The Morgan fingerprint density at radius 3 is 2.52 bits per heavy atom. The molecule has 0 N–H and O–H groups in total. The maximum Gasteiger partial charge on any atom is 0.347 e. The normalized spacial score (nSPS) is 10.7. The van der Waals surface area contributed by atoms with Crippen molar-refractivity contribution < 1.29 is 14.3 Å². The quantitative estimate of drug-likeness (QED) is 0.814. The minimum atomic E-state index is -0.655. The molecule has 5 nitrogen and oxygen atoms in total. The Kier molecular flexibility index (Phi) is 4.02. The third kappa shape index (κ3) is 2.28. The summed E-state index contributed by atoms with van der Waals surface area (Å²) in [7, 11) is 3.10. The molecular formula is C16H19NO4. The van der Waals surface area contributed by atoms with Crippen LogP contribution in [0, 0.1) is 13.8 Å². The number of aromatic nitrogens is 1. The molecule has 1 aromatic carbocycles. The van der Waals surface area contributed by atoms with Crippen molar-refractivity contribution in [2.24, 2.45) is 7.05 Å². The van der Waals surface area contributed by atoms with E-state index in [0.29, 0.717) is 0 Å². The fraction of sp³-hybridized carbons (Fsp3) is 0.375. The molecule has 0 bridgehead atoms. The van der Waals surface area contributed by atoms with Crippen LogP contribution in [-0.2, 0) is 11.8 Å². The van der Waals surface area contributed by atoms with Gasteiger partial charge in [-0.2, -0.15) is 0 Å². The van der Waals surface area contributed by atoms with Crippen LogP contribution >= 0.6 is 0 Å². The lowest BCUT2D eigenvalue weighted by molar-refractivity contribution is 0.0520. The highest BCUT2D eigenvalue weighted by atomic mass is 16.5. The van der Waals surface area contributed by atoms with E-state index in [-0.39, 0.29) is 17.9 Å². The second-order valence-corrected chi connectivity index (χ2v) is 4.89. The first kappa shape index (κ1) is 15.1. The third-order valence-corrected chi connectivity index (χ3v) is 3.73. The lowest BCUT2D eigenvalue weighted by atomic mass is 10.0. The lowest BCUT2D eigenvalue weighted by Gasteiger charge is -2.16. The SMILES string of the molecule is CCOC(=O)c1c(OC)c2c(C)c(C)ccc2n(C)c1=O. The Morgan fingerprint density at radius 1 is 1.29 bits per heavy atom. The molecule has 112 valence electrons. The van der Waals surface area contributed by atoms with Gasteiger partial charge in [0, 0.05) is 12.4 Å². The van der Waals surface area contributed by atoms with Gasteiger partial charge in [-0.05, 0) is 38.0 Å². The average Bonchev–Trinajstić information content (AvgIpc) is 2.46. The van der Waals surface area contributed by atoms with Crippen LogP contribution in [0.3, 0.4) is 0 Å². The van der Waals surface area contributed by atoms with E-state index in [1.807, 2.05) is 26.0 Å². The predicted octanol–water partition coefficient (Wildman–Crippen LogP) is 2.34. The summed E-state index contributed by atoms with van der Waals surface area (Å²) in [5.74, 6) is -0.370. The van der Waals surface area contributed by atoms with Crippen molar-refractivity contribution in [3.8, 4) is 5.75 Å². The highest BCUT2D eigenvalue weighted by Gasteiger charge is 2.24. The number of nitrogens with zero attached hydrogens (tertiary/aromatic N) is 1. The number of carbonyl (C=O) groups is 1. The standard InChI is InChI=1S/C16H19NO4/c1-6-21-16(19)13-14(20-5)12-10(3)9(2)7-8-11(12)17(4)15(13)18/h7-8H,6H2,1-5H3. The number of pyridine rings is 1. The number of aryl methyl sites for hydroxylation is 3. The van der Waals surface area contributed by atoms with E-state index in [0.717, 1.165) is 22.0 Å². The largest absolute Gasteiger partial charge is 0.495 e. The van der Waals surface area contributed by atoms with Crippen molar-refractivity contribution in [2.45, 2.75) is 20.8 Å². The van der Waals surface area contributed by atoms with Gasteiger partial charge in [-0.15, -0.1) is 0 Å². The van der Waals surface area contributed by atoms with Gasteiger partial charge in [-0.25, -0.2) is 4.79 Å². The fourth-order valence-electron chi connectivity index (χ4n) is 2.45. The van der Waals surface area contributed by atoms with Crippen LogP contribution < -0.4 is 10.3 Å². The molecule has 0 saturated carbocycles. The number of fused-ring (bicyclic) bond motifs is 1. The molecule has 0 atom stereocenters. The molecule has 2 aromatic rings. The molecule has 1 aromatic heterocycles. The third-order valence-electron chi connectivity index (χ3n) is 3.73. The molecule has 0 spiro atoms. The number of methoxy groups -OCH3 is 1. The molecule has 2 rings (SSSR count). The van der Waals surface area contributed by atoms with Gasteiger partial charge in [0.1, 0.15) is 5.75 Å². The number of carbonyl (C=O) groups excluding carboxylic acids is 1. The molecule has 5 heteroatoms.